The third-order valence-corrected chi connectivity index (χ3v) is 13.5. The summed E-state index contributed by atoms with van der Waals surface area (Å²) < 4.78 is 8.82. The van der Waals surface area contributed by atoms with Crippen LogP contribution < -0.4 is 0 Å². The minimum Gasteiger partial charge on any atom is -0.456 e. The summed E-state index contributed by atoms with van der Waals surface area (Å²) in [4.78, 5) is 15.7. The van der Waals surface area contributed by atoms with Crippen LogP contribution in [-0.4, -0.2) is 19.5 Å². The molecule has 9 aromatic carbocycles. The van der Waals surface area contributed by atoms with Crippen LogP contribution in [0.4, 0.5) is 0 Å². The molecule has 0 aliphatic heterocycles. The zero-order valence-electron chi connectivity index (χ0n) is 33.8. The normalized spacial score (nSPS) is 13.2. The second kappa shape index (κ2) is 12.8. The average Bonchev–Trinajstić information content (AvgIpc) is 4.07. The molecule has 0 amide bonds. The third-order valence-electron chi connectivity index (χ3n) is 13.5. The minimum atomic E-state index is -0.469. The van der Waals surface area contributed by atoms with E-state index in [9.17, 15) is 0 Å². The van der Waals surface area contributed by atoms with E-state index >= 15 is 0 Å². The van der Waals surface area contributed by atoms with Crippen molar-refractivity contribution in [3.05, 3.63) is 229 Å². The van der Waals surface area contributed by atoms with Gasteiger partial charge in [0.1, 0.15) is 11.2 Å². The molecule has 63 heavy (non-hydrogen) atoms. The highest BCUT2D eigenvalue weighted by molar-refractivity contribution is 6.17. The van der Waals surface area contributed by atoms with Gasteiger partial charge in [-0.2, -0.15) is 0 Å². The lowest BCUT2D eigenvalue weighted by Crippen LogP contribution is -2.25. The van der Waals surface area contributed by atoms with E-state index in [1.165, 1.54) is 60.8 Å². The number of hydrogen-bond acceptors (Lipinski definition) is 4. The Balaban J connectivity index is 1.06. The van der Waals surface area contributed by atoms with Gasteiger partial charge in [0.15, 0.2) is 17.5 Å². The van der Waals surface area contributed by atoms with Gasteiger partial charge in [-0.15, -0.1) is 0 Å². The number of fused-ring (bicyclic) bond motifs is 17. The van der Waals surface area contributed by atoms with Gasteiger partial charge in [0.05, 0.1) is 22.1 Å². The number of furan rings is 1. The molecule has 0 unspecified atom stereocenters. The summed E-state index contributed by atoms with van der Waals surface area (Å²) in [6, 6.07) is 73.7. The summed E-state index contributed by atoms with van der Waals surface area (Å²) in [6.45, 7) is 0. The van der Waals surface area contributed by atoms with Crippen LogP contribution in [0.1, 0.15) is 22.3 Å². The van der Waals surface area contributed by atoms with Crippen molar-refractivity contribution in [1.29, 1.82) is 0 Å². The highest BCUT2D eigenvalue weighted by atomic mass is 16.3. The molecule has 2 aliphatic rings. The molecule has 0 saturated heterocycles. The Bertz CT molecular complexity index is 3830. The van der Waals surface area contributed by atoms with Crippen LogP contribution in [0.3, 0.4) is 0 Å². The largest absolute Gasteiger partial charge is 0.456 e. The van der Waals surface area contributed by atoms with E-state index in [4.69, 9.17) is 19.4 Å². The van der Waals surface area contributed by atoms with Crippen molar-refractivity contribution in [2.45, 2.75) is 5.41 Å². The van der Waals surface area contributed by atoms with Crippen molar-refractivity contribution in [3.8, 4) is 62.1 Å². The van der Waals surface area contributed by atoms with Crippen LogP contribution >= 0.6 is 0 Å². The Kier molecular flexibility index (Phi) is 6.97. The van der Waals surface area contributed by atoms with E-state index in [0.717, 1.165) is 49.8 Å². The fraction of sp³-hybridized carbons (Fsp3) is 0.0172. The van der Waals surface area contributed by atoms with Gasteiger partial charge in [-0.05, 0) is 75.3 Å². The topological polar surface area (TPSA) is 56.7 Å². The van der Waals surface area contributed by atoms with Gasteiger partial charge in [0, 0.05) is 43.8 Å². The number of rotatable bonds is 4. The number of hydrogen-bond donors (Lipinski definition) is 0. The molecule has 0 atom stereocenters. The van der Waals surface area contributed by atoms with Gasteiger partial charge < -0.3 is 8.98 Å². The minimum absolute atomic E-state index is 0.469. The summed E-state index contributed by atoms with van der Waals surface area (Å²) in [5, 5.41) is 4.54. The molecule has 0 bridgehead atoms. The quantitative estimate of drug-likeness (QED) is 0.178. The zero-order valence-corrected chi connectivity index (χ0v) is 33.8. The third kappa shape index (κ3) is 4.63. The van der Waals surface area contributed by atoms with Gasteiger partial charge >= 0.3 is 0 Å². The average molecular weight is 803 g/mol. The summed E-state index contributed by atoms with van der Waals surface area (Å²) in [5.41, 5.74) is 17.5. The lowest BCUT2D eigenvalue weighted by atomic mass is 9.70. The van der Waals surface area contributed by atoms with Crippen LogP contribution in [0, 0.1) is 0 Å². The molecule has 5 heteroatoms. The molecule has 3 heterocycles. The molecule has 3 aromatic heterocycles. The lowest BCUT2D eigenvalue weighted by molar-refractivity contribution is 0.669. The highest BCUT2D eigenvalue weighted by Gasteiger charge is 2.52. The van der Waals surface area contributed by atoms with Crippen LogP contribution in [-0.2, 0) is 5.41 Å². The number of aromatic nitrogens is 4. The molecule has 12 aromatic rings. The smallest absolute Gasteiger partial charge is 0.166 e. The predicted octanol–water partition coefficient (Wildman–Crippen LogP) is 14.2. The van der Waals surface area contributed by atoms with E-state index in [0.29, 0.717) is 17.5 Å². The first-order chi connectivity index (χ1) is 31.3. The maximum atomic E-state index is 6.35. The summed E-state index contributed by atoms with van der Waals surface area (Å²) in [7, 11) is 0. The van der Waals surface area contributed by atoms with Crippen LogP contribution in [0.2, 0.25) is 0 Å². The highest BCUT2D eigenvalue weighted by Crippen LogP contribution is 2.64. The molecule has 2 aliphatic carbocycles. The summed E-state index contributed by atoms with van der Waals surface area (Å²) in [5.74, 6) is 1.77. The molecular formula is C58H34N4O. The van der Waals surface area contributed by atoms with Crippen LogP contribution in [0.25, 0.3) is 106 Å². The Morgan fingerprint density at radius 1 is 0.365 bits per heavy atom. The number of nitrogens with zero attached hydrogens (tertiary/aromatic N) is 4. The van der Waals surface area contributed by atoms with Gasteiger partial charge in [0.2, 0.25) is 0 Å². The first-order valence-corrected chi connectivity index (χ1v) is 21.4. The van der Waals surface area contributed by atoms with Crippen molar-refractivity contribution >= 4 is 43.7 Å². The first kappa shape index (κ1) is 34.3. The Hall–Kier alpha value is -8.41. The summed E-state index contributed by atoms with van der Waals surface area (Å²) >= 11 is 0. The van der Waals surface area contributed by atoms with Gasteiger partial charge in [0.25, 0.3) is 0 Å². The molecule has 0 N–H and O–H groups in total. The SMILES string of the molecule is c1ccc(-c2nc(-c3ccc4c(c3)oc3ccccc34)nc(-c3ccccc3-n3c4ccccc4c4ccc5c(c43)-c3ccccc3C53c4ccccc4-c4ccccc43)n2)cc1. The van der Waals surface area contributed by atoms with Crippen molar-refractivity contribution in [3.63, 3.8) is 0 Å². The molecule has 0 fully saturated rings. The van der Waals surface area contributed by atoms with E-state index < -0.39 is 5.41 Å². The van der Waals surface area contributed by atoms with Crippen molar-refractivity contribution in [2.75, 3.05) is 0 Å². The first-order valence-electron chi connectivity index (χ1n) is 21.4. The van der Waals surface area contributed by atoms with Crippen LogP contribution in [0.5, 0.6) is 0 Å². The summed E-state index contributed by atoms with van der Waals surface area (Å²) in [6.07, 6.45) is 0. The van der Waals surface area contributed by atoms with E-state index in [2.05, 4.69) is 174 Å². The number of benzene rings is 9. The lowest BCUT2D eigenvalue weighted by Gasteiger charge is -2.30. The second-order valence-electron chi connectivity index (χ2n) is 16.6. The Labute approximate surface area is 362 Å². The van der Waals surface area contributed by atoms with E-state index in [-0.39, 0.29) is 0 Å². The predicted molar refractivity (Wildman–Crippen MR) is 254 cm³/mol. The van der Waals surface area contributed by atoms with Crippen molar-refractivity contribution < 1.29 is 4.42 Å². The van der Waals surface area contributed by atoms with Crippen molar-refractivity contribution in [1.82, 2.24) is 19.5 Å². The molecular weight excluding hydrogens is 769 g/mol. The molecule has 0 saturated carbocycles. The number of para-hydroxylation sites is 3. The van der Waals surface area contributed by atoms with Crippen LogP contribution in [0.15, 0.2) is 211 Å². The molecule has 292 valence electrons. The Morgan fingerprint density at radius 3 is 1.70 bits per heavy atom. The monoisotopic (exact) mass is 802 g/mol. The maximum absolute atomic E-state index is 6.35. The molecule has 0 radical (unpaired) electrons. The van der Waals surface area contributed by atoms with E-state index in [1.54, 1.807) is 0 Å². The zero-order chi connectivity index (χ0) is 41.2. The van der Waals surface area contributed by atoms with Crippen molar-refractivity contribution in [2.24, 2.45) is 0 Å². The fourth-order valence-corrected chi connectivity index (χ4v) is 10.9. The maximum Gasteiger partial charge on any atom is 0.166 e. The molecule has 14 rings (SSSR count). The van der Waals surface area contributed by atoms with E-state index in [1.807, 2.05) is 36.4 Å². The second-order valence-corrected chi connectivity index (χ2v) is 16.6. The molecule has 5 nitrogen and oxygen atoms in total. The van der Waals surface area contributed by atoms with Gasteiger partial charge in [-0.3, -0.25) is 0 Å². The molecule has 1 spiro atoms. The van der Waals surface area contributed by atoms with Gasteiger partial charge in [-0.1, -0.05) is 170 Å². The fourth-order valence-electron chi connectivity index (χ4n) is 10.9. The van der Waals surface area contributed by atoms with Gasteiger partial charge in [-0.25, -0.2) is 15.0 Å². The standard InChI is InChI=1S/C58H34N4O/c1-2-16-35(17-3-1)55-59-56(36-30-31-41-40-21-9-15-29-51(40)63-52(41)34-36)61-57(60-55)44-23-8-14-28-50(44)62-49-27-13-7-20-39(49)42-32-33-48-53(54(42)62)43-22-6-12-26-47(43)58(48)45-24-10-4-18-37(45)38-19-5-11-25-46(38)58/h1-34H. The Morgan fingerprint density at radius 2 is 0.921 bits per heavy atom.